The minimum atomic E-state index is -3.71. The minimum absolute atomic E-state index is 0.0171. The van der Waals surface area contributed by atoms with Crippen LogP contribution in [0.4, 0.5) is 5.69 Å². The van der Waals surface area contributed by atoms with Gasteiger partial charge in [0.1, 0.15) is 12.4 Å². The number of nitrogens with one attached hydrogen (secondary N) is 1. The molecule has 3 rings (SSSR count). The number of hydrogen-bond donors (Lipinski definition) is 1. The van der Waals surface area contributed by atoms with Crippen molar-refractivity contribution in [3.63, 3.8) is 0 Å². The predicted molar refractivity (Wildman–Crippen MR) is 122 cm³/mol. The summed E-state index contributed by atoms with van der Waals surface area (Å²) in [7, 11) is -0.860. The van der Waals surface area contributed by atoms with E-state index in [9.17, 15) is 13.2 Å². The first-order chi connectivity index (χ1) is 14.7. The topological polar surface area (TPSA) is 75.7 Å². The highest BCUT2D eigenvalue weighted by Crippen LogP contribution is 2.29. The Morgan fingerprint density at radius 1 is 1.03 bits per heavy atom. The number of ether oxygens (including phenoxy) is 1. The highest BCUT2D eigenvalue weighted by Gasteiger charge is 2.21. The molecule has 0 fully saturated rings. The molecule has 31 heavy (non-hydrogen) atoms. The van der Waals surface area contributed by atoms with E-state index in [1.807, 2.05) is 49.4 Å². The Balaban J connectivity index is 1.87. The zero-order valence-corrected chi connectivity index (χ0v) is 19.0. The van der Waals surface area contributed by atoms with Crippen LogP contribution >= 0.6 is 11.6 Å². The first-order valence-corrected chi connectivity index (χ1v) is 11.3. The van der Waals surface area contributed by atoms with Gasteiger partial charge in [-0.05, 0) is 48.4 Å². The average Bonchev–Trinajstić information content (AvgIpc) is 2.74. The summed E-state index contributed by atoms with van der Waals surface area (Å²) in [5, 5.41) is 2.93. The van der Waals surface area contributed by atoms with Gasteiger partial charge in [-0.3, -0.25) is 4.79 Å². The van der Waals surface area contributed by atoms with Gasteiger partial charge in [0.25, 0.3) is 5.91 Å². The predicted octanol–water partition coefficient (Wildman–Crippen LogP) is 4.73. The van der Waals surface area contributed by atoms with Crippen molar-refractivity contribution >= 4 is 33.2 Å². The fourth-order valence-electron chi connectivity index (χ4n) is 2.83. The first kappa shape index (κ1) is 22.8. The summed E-state index contributed by atoms with van der Waals surface area (Å²) in [6, 6.07) is 19.1. The highest BCUT2D eigenvalue weighted by molar-refractivity contribution is 7.89. The van der Waals surface area contributed by atoms with Gasteiger partial charge in [-0.25, -0.2) is 12.7 Å². The largest absolute Gasteiger partial charge is 0.487 e. The monoisotopic (exact) mass is 458 g/mol. The molecule has 0 aliphatic rings. The maximum absolute atomic E-state index is 12.9. The van der Waals surface area contributed by atoms with Gasteiger partial charge in [0, 0.05) is 14.1 Å². The Kier molecular flexibility index (Phi) is 7.00. The number of aryl methyl sites for hydroxylation is 1. The number of carbonyl (C=O) groups excluding carboxylic acids is 1. The number of anilines is 1. The van der Waals surface area contributed by atoms with Crippen molar-refractivity contribution in [1.82, 2.24) is 4.31 Å². The van der Waals surface area contributed by atoms with Gasteiger partial charge in [0.05, 0.1) is 21.2 Å². The van der Waals surface area contributed by atoms with Crippen molar-refractivity contribution in [2.45, 2.75) is 18.4 Å². The van der Waals surface area contributed by atoms with E-state index in [4.69, 9.17) is 16.3 Å². The molecule has 0 aromatic heterocycles. The van der Waals surface area contributed by atoms with Crippen LogP contribution in [0.25, 0.3) is 0 Å². The van der Waals surface area contributed by atoms with Crippen molar-refractivity contribution < 1.29 is 17.9 Å². The van der Waals surface area contributed by atoms with Crippen LogP contribution in [0, 0.1) is 6.92 Å². The summed E-state index contributed by atoms with van der Waals surface area (Å²) in [6.07, 6.45) is 0. The Hall–Kier alpha value is -2.87. The lowest BCUT2D eigenvalue weighted by atomic mass is 10.1. The summed E-state index contributed by atoms with van der Waals surface area (Å²) < 4.78 is 31.8. The summed E-state index contributed by atoms with van der Waals surface area (Å²) in [4.78, 5) is 12.9. The smallest absolute Gasteiger partial charge is 0.257 e. The molecule has 0 saturated heterocycles. The van der Waals surface area contributed by atoms with Crippen LogP contribution in [0.5, 0.6) is 5.75 Å². The molecule has 6 nitrogen and oxygen atoms in total. The van der Waals surface area contributed by atoms with Crippen LogP contribution in [0.1, 0.15) is 21.5 Å². The number of benzene rings is 3. The van der Waals surface area contributed by atoms with Crippen LogP contribution in [-0.4, -0.2) is 32.7 Å². The maximum Gasteiger partial charge on any atom is 0.257 e. The van der Waals surface area contributed by atoms with Gasteiger partial charge in [-0.1, -0.05) is 48.0 Å². The maximum atomic E-state index is 12.9. The van der Waals surface area contributed by atoms with E-state index in [1.54, 1.807) is 6.07 Å². The van der Waals surface area contributed by atoms with Crippen LogP contribution < -0.4 is 10.1 Å². The number of rotatable bonds is 7. The summed E-state index contributed by atoms with van der Waals surface area (Å²) in [5.74, 6) is -0.0281. The normalized spacial score (nSPS) is 11.4. The van der Waals surface area contributed by atoms with E-state index >= 15 is 0 Å². The zero-order chi connectivity index (χ0) is 22.6. The second-order valence-electron chi connectivity index (χ2n) is 7.16. The molecule has 3 aromatic rings. The molecule has 0 bridgehead atoms. The fraction of sp³-hybridized carbons (Fsp3) is 0.174. The van der Waals surface area contributed by atoms with Gasteiger partial charge < -0.3 is 10.1 Å². The van der Waals surface area contributed by atoms with Crippen LogP contribution in [0.2, 0.25) is 5.02 Å². The third-order valence-corrected chi connectivity index (χ3v) is 6.72. The van der Waals surface area contributed by atoms with Crippen molar-refractivity contribution in [3.8, 4) is 5.75 Å². The number of halogens is 1. The van der Waals surface area contributed by atoms with E-state index in [-0.39, 0.29) is 15.5 Å². The second-order valence-corrected chi connectivity index (χ2v) is 9.72. The quantitative estimate of drug-likeness (QED) is 0.555. The van der Waals surface area contributed by atoms with Crippen LogP contribution in [0.15, 0.2) is 71.6 Å². The molecule has 1 amide bonds. The standard InChI is InChI=1S/C23H23ClN2O4S/c1-16-9-12-21(22(13-16)30-15-17-7-5-4-6-8-17)25-23(27)19-14-18(10-11-20(19)24)31(28,29)26(2)3/h4-14H,15H2,1-3H3,(H,25,27). The average molecular weight is 459 g/mol. The molecule has 0 unspecified atom stereocenters. The molecular formula is C23H23ClN2O4S. The minimum Gasteiger partial charge on any atom is -0.487 e. The molecule has 1 N–H and O–H groups in total. The Morgan fingerprint density at radius 2 is 1.74 bits per heavy atom. The van der Waals surface area contributed by atoms with Crippen LogP contribution in [-0.2, 0) is 16.6 Å². The molecule has 0 saturated carbocycles. The van der Waals surface area contributed by atoms with Crippen LogP contribution in [0.3, 0.4) is 0 Å². The van der Waals surface area contributed by atoms with E-state index in [0.29, 0.717) is 18.0 Å². The Morgan fingerprint density at radius 3 is 2.42 bits per heavy atom. The number of nitrogens with zero attached hydrogens (tertiary/aromatic N) is 1. The molecule has 0 spiro atoms. The van der Waals surface area contributed by atoms with Crippen molar-refractivity contribution in [1.29, 1.82) is 0 Å². The Labute approximate surface area is 187 Å². The van der Waals surface area contributed by atoms with E-state index in [2.05, 4.69) is 5.32 Å². The van der Waals surface area contributed by atoms with Gasteiger partial charge in [-0.2, -0.15) is 0 Å². The van der Waals surface area contributed by atoms with Crippen molar-refractivity contribution in [2.75, 3.05) is 19.4 Å². The molecular weight excluding hydrogens is 436 g/mol. The highest BCUT2D eigenvalue weighted by atomic mass is 35.5. The lowest BCUT2D eigenvalue weighted by molar-refractivity contribution is 0.102. The van der Waals surface area contributed by atoms with E-state index in [1.165, 1.54) is 32.3 Å². The van der Waals surface area contributed by atoms with Gasteiger partial charge in [-0.15, -0.1) is 0 Å². The summed E-state index contributed by atoms with van der Waals surface area (Å²) >= 11 is 6.19. The number of carbonyl (C=O) groups is 1. The molecule has 0 aliphatic carbocycles. The molecule has 0 radical (unpaired) electrons. The summed E-state index contributed by atoms with van der Waals surface area (Å²) in [5.41, 5.74) is 2.48. The SMILES string of the molecule is Cc1ccc(NC(=O)c2cc(S(=O)(=O)N(C)C)ccc2Cl)c(OCc2ccccc2)c1. The molecule has 8 heteroatoms. The fourth-order valence-corrected chi connectivity index (χ4v) is 3.96. The summed E-state index contributed by atoms with van der Waals surface area (Å²) in [6.45, 7) is 2.26. The van der Waals surface area contributed by atoms with Gasteiger partial charge in [0.2, 0.25) is 10.0 Å². The molecule has 162 valence electrons. The lowest BCUT2D eigenvalue weighted by Gasteiger charge is -2.15. The number of sulfonamides is 1. The van der Waals surface area contributed by atoms with E-state index < -0.39 is 15.9 Å². The van der Waals surface area contributed by atoms with Crippen molar-refractivity contribution in [2.24, 2.45) is 0 Å². The molecule has 0 heterocycles. The second kappa shape index (κ2) is 9.51. The Bertz CT molecular complexity index is 1200. The van der Waals surface area contributed by atoms with E-state index in [0.717, 1.165) is 15.4 Å². The molecule has 0 aliphatic heterocycles. The first-order valence-electron chi connectivity index (χ1n) is 9.49. The number of hydrogen-bond acceptors (Lipinski definition) is 4. The van der Waals surface area contributed by atoms with Crippen molar-refractivity contribution in [3.05, 3.63) is 88.4 Å². The van der Waals surface area contributed by atoms with Gasteiger partial charge >= 0.3 is 0 Å². The molecule has 3 aromatic carbocycles. The third kappa shape index (κ3) is 5.44. The third-order valence-electron chi connectivity index (χ3n) is 4.58. The van der Waals surface area contributed by atoms with Gasteiger partial charge in [0.15, 0.2) is 0 Å². The zero-order valence-electron chi connectivity index (χ0n) is 17.4. The number of amides is 1. The lowest BCUT2D eigenvalue weighted by Crippen LogP contribution is -2.23. The molecule has 0 atom stereocenters.